The highest BCUT2D eigenvalue weighted by Crippen LogP contribution is 2.29. The van der Waals surface area contributed by atoms with Crippen LogP contribution in [0.25, 0.3) is 11.3 Å². The van der Waals surface area contributed by atoms with E-state index in [0.29, 0.717) is 18.2 Å². The van der Waals surface area contributed by atoms with Crippen molar-refractivity contribution >= 4 is 5.91 Å². The lowest BCUT2D eigenvalue weighted by Crippen LogP contribution is -2.51. The van der Waals surface area contributed by atoms with Crippen molar-refractivity contribution in [3.8, 4) is 11.3 Å². The number of hydrogen-bond donors (Lipinski definition) is 2. The lowest BCUT2D eigenvalue weighted by molar-refractivity contribution is -0.249. The lowest BCUT2D eigenvalue weighted by atomic mass is 10.1. The number of pyridine rings is 1. The molecule has 0 bridgehead atoms. The number of rotatable bonds is 4. The smallest absolute Gasteiger partial charge is 0.379 e. The molecule has 0 fully saturated rings. The van der Waals surface area contributed by atoms with E-state index in [1.165, 1.54) is 29.2 Å². The number of carbonyl (C=O) groups is 1. The monoisotopic (exact) mass is 328 g/mol. The molecule has 0 unspecified atom stereocenters. The van der Waals surface area contributed by atoms with Gasteiger partial charge in [-0.05, 0) is 19.1 Å². The van der Waals surface area contributed by atoms with Crippen LogP contribution in [0.3, 0.4) is 0 Å². The zero-order valence-corrected chi connectivity index (χ0v) is 12.4. The van der Waals surface area contributed by atoms with Crippen LogP contribution in [-0.2, 0) is 7.05 Å². The van der Waals surface area contributed by atoms with Crippen LogP contribution < -0.4 is 5.32 Å². The van der Waals surface area contributed by atoms with Crippen molar-refractivity contribution in [2.45, 2.75) is 18.7 Å². The molecular weight excluding hydrogens is 313 g/mol. The van der Waals surface area contributed by atoms with Gasteiger partial charge in [0.2, 0.25) is 0 Å². The minimum atomic E-state index is -4.85. The molecule has 0 aromatic carbocycles. The van der Waals surface area contributed by atoms with Crippen LogP contribution >= 0.6 is 0 Å². The van der Waals surface area contributed by atoms with Crippen LogP contribution in [-0.4, -0.2) is 44.1 Å². The highest BCUT2D eigenvalue weighted by Gasteiger charge is 2.49. The Kier molecular flexibility index (Phi) is 4.42. The number of hydrogen-bond acceptors (Lipinski definition) is 4. The van der Waals surface area contributed by atoms with Crippen molar-refractivity contribution in [3.63, 3.8) is 0 Å². The van der Waals surface area contributed by atoms with E-state index in [9.17, 15) is 23.1 Å². The van der Waals surface area contributed by atoms with E-state index in [1.54, 1.807) is 13.2 Å². The van der Waals surface area contributed by atoms with Gasteiger partial charge in [-0.1, -0.05) is 0 Å². The second-order valence-corrected chi connectivity index (χ2v) is 5.26. The molecule has 124 valence electrons. The number of aromatic nitrogens is 3. The zero-order valence-electron chi connectivity index (χ0n) is 12.4. The summed E-state index contributed by atoms with van der Waals surface area (Å²) < 4.78 is 39.3. The number of halogens is 3. The quantitative estimate of drug-likeness (QED) is 0.892. The molecule has 0 saturated heterocycles. The molecule has 6 nitrogen and oxygen atoms in total. The first kappa shape index (κ1) is 16.9. The predicted molar refractivity (Wildman–Crippen MR) is 75.5 cm³/mol. The summed E-state index contributed by atoms with van der Waals surface area (Å²) in [6.45, 7) is -0.366. The molecule has 0 saturated carbocycles. The summed E-state index contributed by atoms with van der Waals surface area (Å²) in [7, 11) is 1.69. The van der Waals surface area contributed by atoms with Crippen LogP contribution in [0, 0.1) is 0 Å². The second kappa shape index (κ2) is 5.99. The number of carbonyl (C=O) groups excluding carboxylic acids is 1. The average molecular weight is 328 g/mol. The van der Waals surface area contributed by atoms with Gasteiger partial charge in [-0.25, -0.2) is 0 Å². The fourth-order valence-electron chi connectivity index (χ4n) is 1.81. The highest BCUT2D eigenvalue weighted by molar-refractivity contribution is 5.99. The number of amides is 1. The number of nitrogens with zero attached hydrogens (tertiary/aromatic N) is 3. The van der Waals surface area contributed by atoms with Gasteiger partial charge in [-0.3, -0.25) is 14.5 Å². The minimum absolute atomic E-state index is 0.0958. The number of nitrogens with one attached hydrogen (secondary N) is 1. The number of aliphatic hydroxyl groups is 1. The summed E-state index contributed by atoms with van der Waals surface area (Å²) in [5, 5.41) is 15.4. The van der Waals surface area contributed by atoms with E-state index in [-0.39, 0.29) is 5.56 Å². The van der Waals surface area contributed by atoms with Crippen LogP contribution in [0.2, 0.25) is 0 Å². The Labute approximate surface area is 130 Å². The Hall–Kier alpha value is -2.42. The van der Waals surface area contributed by atoms with E-state index in [1.807, 2.05) is 0 Å². The van der Waals surface area contributed by atoms with E-state index in [2.05, 4.69) is 15.4 Å². The molecule has 1 amide bonds. The van der Waals surface area contributed by atoms with Crippen LogP contribution in [0.5, 0.6) is 0 Å². The van der Waals surface area contributed by atoms with Gasteiger partial charge in [0.25, 0.3) is 5.91 Å². The SMILES string of the molecule is Cn1cc(-c2ncccc2C(=O)NC[C@](C)(O)C(F)(F)F)cn1. The third-order valence-corrected chi connectivity index (χ3v) is 3.23. The molecule has 2 aromatic heterocycles. The van der Waals surface area contributed by atoms with Crippen molar-refractivity contribution in [2.75, 3.05) is 6.54 Å². The molecule has 2 aromatic rings. The van der Waals surface area contributed by atoms with Gasteiger partial charge < -0.3 is 10.4 Å². The summed E-state index contributed by atoms with van der Waals surface area (Å²) in [6, 6.07) is 2.93. The van der Waals surface area contributed by atoms with Gasteiger partial charge in [0.15, 0.2) is 5.60 Å². The maximum atomic E-state index is 12.6. The molecule has 0 aliphatic rings. The van der Waals surface area contributed by atoms with Gasteiger partial charge >= 0.3 is 6.18 Å². The Balaban J connectivity index is 2.21. The Morgan fingerprint density at radius 3 is 2.70 bits per heavy atom. The van der Waals surface area contributed by atoms with E-state index >= 15 is 0 Å². The largest absolute Gasteiger partial charge is 0.418 e. The van der Waals surface area contributed by atoms with E-state index < -0.39 is 24.2 Å². The molecule has 0 radical (unpaired) electrons. The third kappa shape index (κ3) is 3.67. The van der Waals surface area contributed by atoms with Crippen LogP contribution in [0.15, 0.2) is 30.7 Å². The molecule has 9 heteroatoms. The van der Waals surface area contributed by atoms with Crippen LogP contribution in [0.4, 0.5) is 13.2 Å². The summed E-state index contributed by atoms with van der Waals surface area (Å²) in [5.74, 6) is -0.763. The molecule has 2 N–H and O–H groups in total. The maximum absolute atomic E-state index is 12.6. The van der Waals surface area contributed by atoms with Gasteiger partial charge in [-0.2, -0.15) is 18.3 Å². The third-order valence-electron chi connectivity index (χ3n) is 3.23. The van der Waals surface area contributed by atoms with Crippen molar-refractivity contribution in [2.24, 2.45) is 7.05 Å². The highest BCUT2D eigenvalue weighted by atomic mass is 19.4. The summed E-state index contributed by atoms with van der Waals surface area (Å²) in [6.07, 6.45) is -0.262. The molecule has 0 aliphatic carbocycles. The fraction of sp³-hybridized carbons (Fsp3) is 0.357. The summed E-state index contributed by atoms with van der Waals surface area (Å²) in [5.41, 5.74) is -2.07. The van der Waals surface area contributed by atoms with Gasteiger partial charge in [0.05, 0.1) is 24.0 Å². The zero-order chi connectivity index (χ0) is 17.3. The molecule has 0 spiro atoms. The molecule has 0 aliphatic heterocycles. The predicted octanol–water partition coefficient (Wildman–Crippen LogP) is 1.53. The van der Waals surface area contributed by atoms with Gasteiger partial charge in [-0.15, -0.1) is 0 Å². The fourth-order valence-corrected chi connectivity index (χ4v) is 1.81. The standard InChI is InChI=1S/C14H15F3N4O2/c1-13(23,14(15,16)17)8-19-12(22)10-4-3-5-18-11(10)9-6-20-21(2)7-9/h3-7,23H,8H2,1-2H3,(H,19,22)/t13-/m0/s1. The Morgan fingerprint density at radius 2 is 2.13 bits per heavy atom. The van der Waals surface area contributed by atoms with Gasteiger partial charge in [0, 0.05) is 25.0 Å². The Morgan fingerprint density at radius 1 is 1.43 bits per heavy atom. The molecule has 23 heavy (non-hydrogen) atoms. The maximum Gasteiger partial charge on any atom is 0.418 e. The van der Waals surface area contributed by atoms with Crippen molar-refractivity contribution in [3.05, 3.63) is 36.3 Å². The molecule has 1 atom stereocenters. The molecule has 2 rings (SSSR count). The van der Waals surface area contributed by atoms with Crippen LogP contribution in [0.1, 0.15) is 17.3 Å². The topological polar surface area (TPSA) is 80.0 Å². The minimum Gasteiger partial charge on any atom is -0.379 e. The Bertz CT molecular complexity index is 710. The molecule has 2 heterocycles. The average Bonchev–Trinajstić information content (AvgIpc) is 2.90. The summed E-state index contributed by atoms with van der Waals surface area (Å²) in [4.78, 5) is 16.2. The molecular formula is C14H15F3N4O2. The number of alkyl halides is 3. The number of aryl methyl sites for hydroxylation is 1. The first-order valence-electron chi connectivity index (χ1n) is 6.63. The second-order valence-electron chi connectivity index (χ2n) is 5.26. The van der Waals surface area contributed by atoms with E-state index in [4.69, 9.17) is 0 Å². The van der Waals surface area contributed by atoms with E-state index in [0.717, 1.165) is 0 Å². The first-order chi connectivity index (χ1) is 10.6. The summed E-state index contributed by atoms with van der Waals surface area (Å²) >= 11 is 0. The van der Waals surface area contributed by atoms with Crippen molar-refractivity contribution < 1.29 is 23.1 Å². The lowest BCUT2D eigenvalue weighted by Gasteiger charge is -2.26. The first-order valence-corrected chi connectivity index (χ1v) is 6.63. The van der Waals surface area contributed by atoms with Crippen molar-refractivity contribution in [1.29, 1.82) is 0 Å². The van der Waals surface area contributed by atoms with Gasteiger partial charge in [0.1, 0.15) is 0 Å². The van der Waals surface area contributed by atoms with Crippen molar-refractivity contribution in [1.82, 2.24) is 20.1 Å². The normalized spacial score (nSPS) is 14.3.